The lowest BCUT2D eigenvalue weighted by Crippen LogP contribution is -2.26. The highest BCUT2D eigenvalue weighted by atomic mass is 35.5. The van der Waals surface area contributed by atoms with Crippen molar-refractivity contribution in [2.45, 2.75) is 11.3 Å². The first kappa shape index (κ1) is 19.2. The number of halogens is 1. The van der Waals surface area contributed by atoms with Crippen LogP contribution in [0.2, 0.25) is 5.02 Å². The van der Waals surface area contributed by atoms with Gasteiger partial charge in [0.25, 0.3) is 5.91 Å². The van der Waals surface area contributed by atoms with Gasteiger partial charge in [0.15, 0.2) is 0 Å². The Morgan fingerprint density at radius 2 is 1.96 bits per heavy atom. The van der Waals surface area contributed by atoms with Gasteiger partial charge in [-0.3, -0.25) is 4.79 Å². The Labute approximate surface area is 152 Å². The fourth-order valence-electron chi connectivity index (χ4n) is 2.25. The molecule has 0 bridgehead atoms. The van der Waals surface area contributed by atoms with Crippen LogP contribution in [0.25, 0.3) is 0 Å². The average molecular weight is 383 g/mol. The van der Waals surface area contributed by atoms with E-state index in [1.165, 1.54) is 32.4 Å². The molecule has 0 saturated heterocycles. The van der Waals surface area contributed by atoms with Crippen LogP contribution in [0, 0.1) is 0 Å². The molecule has 0 aliphatic rings. The molecule has 0 saturated carbocycles. The molecule has 0 aliphatic carbocycles. The van der Waals surface area contributed by atoms with Crippen LogP contribution in [0.3, 0.4) is 0 Å². The first-order valence-electron chi connectivity index (χ1n) is 7.51. The maximum absolute atomic E-state index is 12.3. The number of carbonyl (C=O) groups excluding carboxylic acids is 1. The summed E-state index contributed by atoms with van der Waals surface area (Å²) in [6, 6.07) is 11.6. The van der Waals surface area contributed by atoms with E-state index in [2.05, 4.69) is 10.0 Å². The first-order valence-corrected chi connectivity index (χ1v) is 9.37. The summed E-state index contributed by atoms with van der Waals surface area (Å²) >= 11 is 5.92. The number of hydrogen-bond acceptors (Lipinski definition) is 4. The van der Waals surface area contributed by atoms with Crippen LogP contribution < -0.4 is 14.8 Å². The third-order valence-corrected chi connectivity index (χ3v) is 5.24. The van der Waals surface area contributed by atoms with Crippen molar-refractivity contribution in [1.82, 2.24) is 10.0 Å². The molecule has 2 aromatic carbocycles. The highest BCUT2D eigenvalue weighted by Gasteiger charge is 2.20. The second-order valence-corrected chi connectivity index (χ2v) is 7.50. The van der Waals surface area contributed by atoms with Crippen LogP contribution in [0.15, 0.2) is 47.4 Å². The second-order valence-electron chi connectivity index (χ2n) is 5.21. The van der Waals surface area contributed by atoms with Crippen LogP contribution in [0.4, 0.5) is 0 Å². The molecule has 0 spiro atoms. The molecule has 0 radical (unpaired) electrons. The SMILES string of the molecule is CNS(=O)(=O)c1cc(C(=O)NCCc2cccc(Cl)c2)ccc1OC. The molecule has 0 aliphatic heterocycles. The summed E-state index contributed by atoms with van der Waals surface area (Å²) in [6.45, 7) is 0.402. The van der Waals surface area contributed by atoms with Crippen LogP contribution in [0.5, 0.6) is 5.75 Å². The van der Waals surface area contributed by atoms with E-state index in [0.29, 0.717) is 18.0 Å². The number of nitrogens with one attached hydrogen (secondary N) is 2. The quantitative estimate of drug-likeness (QED) is 0.769. The monoisotopic (exact) mass is 382 g/mol. The molecule has 0 aromatic heterocycles. The van der Waals surface area contributed by atoms with Gasteiger partial charge in [-0.25, -0.2) is 13.1 Å². The van der Waals surface area contributed by atoms with Gasteiger partial charge in [0.2, 0.25) is 10.0 Å². The lowest BCUT2D eigenvalue weighted by Gasteiger charge is -2.11. The number of sulfonamides is 1. The summed E-state index contributed by atoms with van der Waals surface area (Å²) in [5, 5.41) is 3.40. The van der Waals surface area contributed by atoms with E-state index in [-0.39, 0.29) is 22.1 Å². The van der Waals surface area contributed by atoms with Crippen molar-refractivity contribution in [3.05, 3.63) is 58.6 Å². The molecule has 0 unspecified atom stereocenters. The number of methoxy groups -OCH3 is 1. The van der Waals surface area contributed by atoms with Crippen LogP contribution in [-0.4, -0.2) is 35.0 Å². The van der Waals surface area contributed by atoms with Crippen LogP contribution in [-0.2, 0) is 16.4 Å². The van der Waals surface area contributed by atoms with Crippen molar-refractivity contribution in [1.29, 1.82) is 0 Å². The number of benzene rings is 2. The van der Waals surface area contributed by atoms with Crippen molar-refractivity contribution in [2.24, 2.45) is 0 Å². The lowest BCUT2D eigenvalue weighted by molar-refractivity contribution is 0.0954. The average Bonchev–Trinajstić information content (AvgIpc) is 2.61. The molecule has 6 nitrogen and oxygen atoms in total. The summed E-state index contributed by atoms with van der Waals surface area (Å²) in [7, 11) is -1.07. The van der Waals surface area contributed by atoms with Gasteiger partial charge in [-0.15, -0.1) is 0 Å². The smallest absolute Gasteiger partial charge is 0.251 e. The molecule has 0 atom stereocenters. The number of rotatable bonds is 7. The molecule has 2 rings (SSSR count). The van der Waals surface area contributed by atoms with Crippen molar-refractivity contribution >= 4 is 27.5 Å². The Bertz CT molecular complexity index is 869. The Kier molecular flexibility index (Phi) is 6.41. The van der Waals surface area contributed by atoms with E-state index in [1.54, 1.807) is 6.07 Å². The second kappa shape index (κ2) is 8.33. The molecule has 25 heavy (non-hydrogen) atoms. The van der Waals surface area contributed by atoms with E-state index >= 15 is 0 Å². The van der Waals surface area contributed by atoms with Crippen LogP contribution >= 0.6 is 11.6 Å². The highest BCUT2D eigenvalue weighted by Crippen LogP contribution is 2.24. The summed E-state index contributed by atoms with van der Waals surface area (Å²) in [5.41, 5.74) is 1.24. The zero-order chi connectivity index (χ0) is 18.4. The van der Waals surface area contributed by atoms with Crippen molar-refractivity contribution < 1.29 is 17.9 Å². The largest absolute Gasteiger partial charge is 0.495 e. The summed E-state index contributed by atoms with van der Waals surface area (Å²) in [5.74, 6) is -0.193. The number of hydrogen-bond donors (Lipinski definition) is 2. The summed E-state index contributed by atoms with van der Waals surface area (Å²) in [6.07, 6.45) is 0.615. The van der Waals surface area contributed by atoms with E-state index in [9.17, 15) is 13.2 Å². The fraction of sp³-hybridized carbons (Fsp3) is 0.235. The predicted molar refractivity (Wildman–Crippen MR) is 96.7 cm³/mol. The maximum atomic E-state index is 12.3. The Morgan fingerprint density at radius 1 is 1.20 bits per heavy atom. The molecule has 0 fully saturated rings. The van der Waals surface area contributed by atoms with E-state index < -0.39 is 10.0 Å². The normalized spacial score (nSPS) is 11.2. The van der Waals surface area contributed by atoms with E-state index in [0.717, 1.165) is 5.56 Å². The number of carbonyl (C=O) groups is 1. The Hall–Kier alpha value is -2.09. The maximum Gasteiger partial charge on any atom is 0.251 e. The third-order valence-electron chi connectivity index (χ3n) is 3.57. The molecule has 0 heterocycles. The van der Waals surface area contributed by atoms with Crippen molar-refractivity contribution in [3.63, 3.8) is 0 Å². The van der Waals surface area contributed by atoms with Gasteiger partial charge in [-0.05, 0) is 49.4 Å². The summed E-state index contributed by atoms with van der Waals surface area (Å²) in [4.78, 5) is 12.2. The minimum Gasteiger partial charge on any atom is -0.495 e. The number of amides is 1. The van der Waals surface area contributed by atoms with Crippen LogP contribution in [0.1, 0.15) is 15.9 Å². The number of ether oxygens (including phenoxy) is 1. The highest BCUT2D eigenvalue weighted by molar-refractivity contribution is 7.89. The Morgan fingerprint density at radius 3 is 2.60 bits per heavy atom. The lowest BCUT2D eigenvalue weighted by atomic mass is 10.1. The van der Waals surface area contributed by atoms with Crippen molar-refractivity contribution in [2.75, 3.05) is 20.7 Å². The molecule has 134 valence electrons. The zero-order valence-electron chi connectivity index (χ0n) is 13.9. The predicted octanol–water partition coefficient (Wildman–Crippen LogP) is 2.23. The van der Waals surface area contributed by atoms with E-state index in [1.807, 2.05) is 18.2 Å². The fourth-order valence-corrected chi connectivity index (χ4v) is 3.38. The topological polar surface area (TPSA) is 84.5 Å². The molecule has 1 amide bonds. The zero-order valence-corrected chi connectivity index (χ0v) is 15.4. The molecule has 8 heteroatoms. The van der Waals surface area contributed by atoms with Gasteiger partial charge in [0.05, 0.1) is 7.11 Å². The van der Waals surface area contributed by atoms with E-state index in [4.69, 9.17) is 16.3 Å². The summed E-state index contributed by atoms with van der Waals surface area (Å²) < 4.78 is 31.4. The van der Waals surface area contributed by atoms with Gasteiger partial charge < -0.3 is 10.1 Å². The Balaban J connectivity index is 2.10. The molecular weight excluding hydrogens is 364 g/mol. The molecule has 2 aromatic rings. The van der Waals surface area contributed by atoms with Gasteiger partial charge in [0, 0.05) is 17.1 Å². The minimum absolute atomic E-state index is 0.0833. The third kappa shape index (κ3) is 4.94. The molecular formula is C17H19ClN2O4S. The van der Waals surface area contributed by atoms with Gasteiger partial charge in [0.1, 0.15) is 10.6 Å². The standard InChI is InChI=1S/C17H19ClN2O4S/c1-19-25(22,23)16-11-13(6-7-15(16)24-2)17(21)20-9-8-12-4-3-5-14(18)10-12/h3-7,10-11,19H,8-9H2,1-2H3,(H,20,21). The van der Waals surface area contributed by atoms with Gasteiger partial charge >= 0.3 is 0 Å². The van der Waals surface area contributed by atoms with Crippen molar-refractivity contribution in [3.8, 4) is 5.75 Å². The molecule has 2 N–H and O–H groups in total. The first-order chi connectivity index (χ1) is 11.9. The van der Waals surface area contributed by atoms with Gasteiger partial charge in [-0.2, -0.15) is 0 Å². The minimum atomic E-state index is -3.73. The van der Waals surface area contributed by atoms with Gasteiger partial charge in [-0.1, -0.05) is 23.7 Å².